The zero-order valence-electron chi connectivity index (χ0n) is 16.8. The molecule has 0 aliphatic heterocycles. The quantitative estimate of drug-likeness (QED) is 0.507. The number of esters is 1. The van der Waals surface area contributed by atoms with Gasteiger partial charge in [0.25, 0.3) is 0 Å². The molecule has 1 aromatic carbocycles. The third kappa shape index (κ3) is 4.85. The van der Waals surface area contributed by atoms with Crippen LogP contribution in [-0.2, 0) is 14.8 Å². The van der Waals surface area contributed by atoms with Gasteiger partial charge in [0.05, 0.1) is 12.6 Å². The molecule has 1 aliphatic carbocycles. The lowest BCUT2D eigenvalue weighted by atomic mass is 9.91. The number of thiophene rings is 1. The highest BCUT2D eigenvalue weighted by atomic mass is 35.5. The van der Waals surface area contributed by atoms with Crippen LogP contribution in [0, 0.1) is 0 Å². The molecule has 2 heterocycles. The van der Waals surface area contributed by atoms with Gasteiger partial charge in [-0.15, -0.1) is 11.3 Å². The van der Waals surface area contributed by atoms with Crippen molar-refractivity contribution in [3.05, 3.63) is 51.8 Å². The Hall–Kier alpha value is -2.20. The van der Waals surface area contributed by atoms with Gasteiger partial charge in [-0.3, -0.25) is 4.98 Å². The van der Waals surface area contributed by atoms with Gasteiger partial charge in [-0.25, -0.2) is 17.9 Å². The zero-order valence-corrected chi connectivity index (χ0v) is 19.2. The van der Waals surface area contributed by atoms with E-state index in [4.69, 9.17) is 11.6 Å². The Morgan fingerprint density at radius 3 is 2.65 bits per heavy atom. The molecular formula is C21H22ClN3O4S2. The highest BCUT2D eigenvalue weighted by Crippen LogP contribution is 2.29. The number of ether oxygens (including phenoxy) is 1. The van der Waals surface area contributed by atoms with E-state index in [-0.39, 0.29) is 21.9 Å². The van der Waals surface area contributed by atoms with E-state index in [1.165, 1.54) is 13.2 Å². The number of halogens is 1. The van der Waals surface area contributed by atoms with Crippen LogP contribution in [0.4, 0.5) is 5.69 Å². The second-order valence-corrected chi connectivity index (χ2v) is 10.5. The number of hydrogen-bond donors (Lipinski definition) is 2. The minimum Gasteiger partial charge on any atom is -0.465 e. The summed E-state index contributed by atoms with van der Waals surface area (Å²) in [7, 11) is -2.56. The molecule has 7 nitrogen and oxygen atoms in total. The van der Waals surface area contributed by atoms with Crippen molar-refractivity contribution in [3.8, 4) is 0 Å². The standard InChI is InChI=1S/C21H22ClN3O4S2/c1-29-21(26)20-19(9-11-30-20)31(27,28)25-15-5-3-14(4-6-15)24-17-8-10-23-18-12-13(22)2-7-16(17)18/h2,7-12,14-15,25H,3-6H2,1H3,(H,23,24)/t14-,15+. The van der Waals surface area contributed by atoms with Crippen molar-refractivity contribution in [2.24, 2.45) is 0 Å². The van der Waals surface area contributed by atoms with Crippen LogP contribution in [-0.4, -0.2) is 38.6 Å². The maximum atomic E-state index is 12.8. The van der Waals surface area contributed by atoms with Crippen molar-refractivity contribution < 1.29 is 17.9 Å². The third-order valence-corrected chi connectivity index (χ3v) is 8.22. The minimum absolute atomic E-state index is 0.0217. The first kappa shape index (κ1) is 22.0. The van der Waals surface area contributed by atoms with E-state index >= 15 is 0 Å². The van der Waals surface area contributed by atoms with Gasteiger partial charge < -0.3 is 10.1 Å². The van der Waals surface area contributed by atoms with E-state index in [0.717, 1.165) is 40.8 Å². The summed E-state index contributed by atoms with van der Waals surface area (Å²) in [6, 6.07) is 9.06. The van der Waals surface area contributed by atoms with Gasteiger partial charge in [-0.2, -0.15) is 0 Å². The normalized spacial score (nSPS) is 19.3. The van der Waals surface area contributed by atoms with E-state index in [1.807, 2.05) is 24.3 Å². The molecule has 0 atom stereocenters. The van der Waals surface area contributed by atoms with Crippen LogP contribution in [0.1, 0.15) is 35.4 Å². The lowest BCUT2D eigenvalue weighted by molar-refractivity contribution is 0.0602. The summed E-state index contributed by atoms with van der Waals surface area (Å²) in [5, 5.41) is 6.79. The topological polar surface area (TPSA) is 97.4 Å². The van der Waals surface area contributed by atoms with E-state index in [2.05, 4.69) is 19.8 Å². The van der Waals surface area contributed by atoms with Crippen molar-refractivity contribution in [2.45, 2.75) is 42.7 Å². The summed E-state index contributed by atoms with van der Waals surface area (Å²) in [5.74, 6) is -0.644. The van der Waals surface area contributed by atoms with Crippen LogP contribution in [0.15, 0.2) is 46.8 Å². The number of aromatic nitrogens is 1. The third-order valence-electron chi connectivity index (χ3n) is 5.40. The summed E-state index contributed by atoms with van der Waals surface area (Å²) in [6.07, 6.45) is 4.78. The molecular weight excluding hydrogens is 458 g/mol. The number of nitrogens with one attached hydrogen (secondary N) is 2. The molecule has 1 fully saturated rings. The predicted molar refractivity (Wildman–Crippen MR) is 122 cm³/mol. The molecule has 0 spiro atoms. The second kappa shape index (κ2) is 9.12. The Kier molecular flexibility index (Phi) is 6.47. The maximum absolute atomic E-state index is 12.8. The average molecular weight is 480 g/mol. The number of sulfonamides is 1. The van der Waals surface area contributed by atoms with Crippen molar-refractivity contribution in [2.75, 3.05) is 12.4 Å². The number of pyridine rings is 1. The SMILES string of the molecule is COC(=O)c1sccc1S(=O)(=O)N[C@H]1CC[C@@H](Nc2ccnc3cc(Cl)ccc23)CC1. The Balaban J connectivity index is 1.39. The number of nitrogens with zero attached hydrogens (tertiary/aromatic N) is 1. The number of carbonyl (C=O) groups is 1. The largest absolute Gasteiger partial charge is 0.465 e. The van der Waals surface area contributed by atoms with E-state index in [0.29, 0.717) is 17.9 Å². The smallest absolute Gasteiger partial charge is 0.349 e. The fraction of sp³-hybridized carbons (Fsp3) is 0.333. The van der Waals surface area contributed by atoms with Crippen molar-refractivity contribution >= 4 is 55.5 Å². The van der Waals surface area contributed by atoms with E-state index in [9.17, 15) is 13.2 Å². The van der Waals surface area contributed by atoms with Gasteiger partial charge in [-0.05, 0) is 61.4 Å². The Morgan fingerprint density at radius 1 is 1.16 bits per heavy atom. The molecule has 3 aromatic rings. The van der Waals surface area contributed by atoms with Crippen LogP contribution in [0.2, 0.25) is 5.02 Å². The van der Waals surface area contributed by atoms with Gasteiger partial charge in [0.2, 0.25) is 10.0 Å². The Morgan fingerprint density at radius 2 is 1.90 bits per heavy atom. The number of rotatable bonds is 6. The molecule has 0 radical (unpaired) electrons. The minimum atomic E-state index is -3.79. The zero-order chi connectivity index (χ0) is 22.0. The van der Waals surface area contributed by atoms with Gasteiger partial charge in [-0.1, -0.05) is 11.6 Å². The molecule has 1 aliphatic rings. The number of hydrogen-bond acceptors (Lipinski definition) is 7. The summed E-state index contributed by atoms with van der Waals surface area (Å²) >= 11 is 7.12. The number of carbonyl (C=O) groups excluding carboxylic acids is 1. The van der Waals surface area contributed by atoms with Crippen LogP contribution in [0.25, 0.3) is 10.9 Å². The average Bonchev–Trinajstić information content (AvgIpc) is 3.25. The number of methoxy groups -OCH3 is 1. The molecule has 4 rings (SSSR count). The molecule has 0 unspecified atom stereocenters. The van der Waals surface area contributed by atoms with Crippen molar-refractivity contribution in [1.82, 2.24) is 9.71 Å². The molecule has 31 heavy (non-hydrogen) atoms. The lowest BCUT2D eigenvalue weighted by Gasteiger charge is -2.30. The maximum Gasteiger partial charge on any atom is 0.349 e. The first-order valence-electron chi connectivity index (χ1n) is 9.86. The number of fused-ring (bicyclic) bond motifs is 1. The van der Waals surface area contributed by atoms with Crippen LogP contribution in [0.3, 0.4) is 0 Å². The van der Waals surface area contributed by atoms with Gasteiger partial charge in [0.15, 0.2) is 0 Å². The molecule has 10 heteroatoms. The van der Waals surface area contributed by atoms with Crippen molar-refractivity contribution in [1.29, 1.82) is 0 Å². The first-order valence-corrected chi connectivity index (χ1v) is 12.6. The lowest BCUT2D eigenvalue weighted by Crippen LogP contribution is -2.40. The van der Waals surface area contributed by atoms with Crippen LogP contribution < -0.4 is 10.0 Å². The molecule has 2 N–H and O–H groups in total. The summed E-state index contributed by atoms with van der Waals surface area (Å²) in [4.78, 5) is 16.3. The highest BCUT2D eigenvalue weighted by Gasteiger charge is 2.29. The Bertz CT molecular complexity index is 1200. The Labute approximate surface area is 189 Å². The van der Waals surface area contributed by atoms with E-state index in [1.54, 1.807) is 11.6 Å². The molecule has 2 aromatic heterocycles. The number of benzene rings is 1. The predicted octanol–water partition coefficient (Wildman–Crippen LogP) is 4.44. The monoisotopic (exact) mass is 479 g/mol. The number of anilines is 1. The highest BCUT2D eigenvalue weighted by molar-refractivity contribution is 7.89. The second-order valence-electron chi connectivity index (χ2n) is 7.44. The molecule has 1 saturated carbocycles. The molecule has 0 bridgehead atoms. The van der Waals surface area contributed by atoms with E-state index < -0.39 is 16.0 Å². The van der Waals surface area contributed by atoms with Gasteiger partial charge in [0.1, 0.15) is 9.77 Å². The fourth-order valence-electron chi connectivity index (χ4n) is 3.86. The summed E-state index contributed by atoms with van der Waals surface area (Å²) in [5.41, 5.74) is 1.82. The molecule has 0 amide bonds. The molecule has 0 saturated heterocycles. The van der Waals surface area contributed by atoms with Crippen molar-refractivity contribution in [3.63, 3.8) is 0 Å². The van der Waals surface area contributed by atoms with Crippen LogP contribution in [0.5, 0.6) is 0 Å². The molecule has 164 valence electrons. The van der Waals surface area contributed by atoms with Gasteiger partial charge >= 0.3 is 5.97 Å². The summed E-state index contributed by atoms with van der Waals surface area (Å²) < 4.78 is 33.1. The fourth-order valence-corrected chi connectivity index (χ4v) is 6.66. The van der Waals surface area contributed by atoms with Gasteiger partial charge in [0, 0.05) is 34.4 Å². The summed E-state index contributed by atoms with van der Waals surface area (Å²) in [6.45, 7) is 0. The van der Waals surface area contributed by atoms with Crippen LogP contribution >= 0.6 is 22.9 Å². The first-order chi connectivity index (χ1) is 14.9.